The maximum absolute atomic E-state index is 12.2. The van der Waals surface area contributed by atoms with Crippen molar-refractivity contribution < 1.29 is 17.9 Å². The molecular formula is C14H18F3NO. The molecule has 1 aliphatic carbocycles. The van der Waals surface area contributed by atoms with Crippen LogP contribution in [0.2, 0.25) is 0 Å². The Hall–Kier alpha value is -1.23. The SMILES string of the molecule is FC(F)(F)Oc1ccccc1CNCCCC1CC1. The third kappa shape index (κ3) is 5.51. The van der Waals surface area contributed by atoms with E-state index in [0.29, 0.717) is 12.1 Å². The molecule has 1 aliphatic rings. The number of ether oxygens (including phenoxy) is 1. The van der Waals surface area contributed by atoms with Crippen LogP contribution in [0.5, 0.6) is 5.75 Å². The zero-order valence-corrected chi connectivity index (χ0v) is 10.7. The van der Waals surface area contributed by atoms with E-state index in [1.807, 2.05) is 0 Å². The molecule has 0 radical (unpaired) electrons. The monoisotopic (exact) mass is 273 g/mol. The summed E-state index contributed by atoms with van der Waals surface area (Å²) in [4.78, 5) is 0. The predicted molar refractivity (Wildman–Crippen MR) is 66.8 cm³/mol. The van der Waals surface area contributed by atoms with Crippen LogP contribution in [0.25, 0.3) is 0 Å². The zero-order chi connectivity index (χ0) is 13.7. The third-order valence-electron chi connectivity index (χ3n) is 3.18. The fraction of sp³-hybridized carbons (Fsp3) is 0.571. The van der Waals surface area contributed by atoms with E-state index in [-0.39, 0.29) is 5.75 Å². The second-order valence-corrected chi connectivity index (χ2v) is 4.92. The molecule has 19 heavy (non-hydrogen) atoms. The van der Waals surface area contributed by atoms with Crippen LogP contribution in [0.1, 0.15) is 31.2 Å². The Morgan fingerprint density at radius 3 is 2.63 bits per heavy atom. The zero-order valence-electron chi connectivity index (χ0n) is 10.7. The van der Waals surface area contributed by atoms with E-state index < -0.39 is 6.36 Å². The van der Waals surface area contributed by atoms with E-state index in [2.05, 4.69) is 10.1 Å². The van der Waals surface area contributed by atoms with Gasteiger partial charge in [-0.2, -0.15) is 0 Å². The first kappa shape index (κ1) is 14.2. The van der Waals surface area contributed by atoms with Crippen LogP contribution >= 0.6 is 0 Å². The largest absolute Gasteiger partial charge is 0.573 e. The lowest BCUT2D eigenvalue weighted by atomic mass is 10.2. The fourth-order valence-electron chi connectivity index (χ4n) is 2.02. The predicted octanol–water partition coefficient (Wildman–Crippen LogP) is 3.87. The highest BCUT2D eigenvalue weighted by molar-refractivity contribution is 5.33. The number of benzene rings is 1. The minimum absolute atomic E-state index is 0.121. The minimum atomic E-state index is -4.64. The second kappa shape index (κ2) is 6.28. The minimum Gasteiger partial charge on any atom is -0.405 e. The number of halogens is 3. The lowest BCUT2D eigenvalue weighted by molar-refractivity contribution is -0.274. The molecule has 1 saturated carbocycles. The summed E-state index contributed by atoms with van der Waals surface area (Å²) in [6.45, 7) is 1.23. The Morgan fingerprint density at radius 1 is 1.21 bits per heavy atom. The van der Waals surface area contributed by atoms with Crippen molar-refractivity contribution in [3.05, 3.63) is 29.8 Å². The first-order valence-electron chi connectivity index (χ1n) is 6.59. The summed E-state index contributed by atoms with van der Waals surface area (Å²) in [5.74, 6) is 0.771. The summed E-state index contributed by atoms with van der Waals surface area (Å²) in [5.41, 5.74) is 0.534. The lowest BCUT2D eigenvalue weighted by Crippen LogP contribution is -2.20. The van der Waals surface area contributed by atoms with Crippen LogP contribution in [0.4, 0.5) is 13.2 Å². The van der Waals surface area contributed by atoms with Crippen LogP contribution in [0, 0.1) is 5.92 Å². The van der Waals surface area contributed by atoms with Gasteiger partial charge >= 0.3 is 6.36 Å². The van der Waals surface area contributed by atoms with E-state index in [1.54, 1.807) is 12.1 Å². The molecule has 1 aromatic rings. The molecule has 0 bridgehead atoms. The first-order valence-corrected chi connectivity index (χ1v) is 6.59. The standard InChI is InChI=1S/C14H18F3NO/c15-14(16,17)19-13-6-2-1-5-12(13)10-18-9-3-4-11-7-8-11/h1-2,5-6,11,18H,3-4,7-10H2. The third-order valence-corrected chi connectivity index (χ3v) is 3.18. The molecule has 0 spiro atoms. The van der Waals surface area contributed by atoms with Gasteiger partial charge in [0.15, 0.2) is 0 Å². The summed E-state index contributed by atoms with van der Waals surface area (Å²) < 4.78 is 40.7. The second-order valence-electron chi connectivity index (χ2n) is 4.92. The van der Waals surface area contributed by atoms with Crippen molar-refractivity contribution >= 4 is 0 Å². The van der Waals surface area contributed by atoms with Crippen molar-refractivity contribution in [2.45, 2.75) is 38.6 Å². The molecule has 1 fully saturated rings. The van der Waals surface area contributed by atoms with Gasteiger partial charge in [-0.1, -0.05) is 31.0 Å². The van der Waals surface area contributed by atoms with Crippen molar-refractivity contribution in [1.82, 2.24) is 5.32 Å². The van der Waals surface area contributed by atoms with Crippen molar-refractivity contribution in [2.24, 2.45) is 5.92 Å². The quantitative estimate of drug-likeness (QED) is 0.762. The van der Waals surface area contributed by atoms with Gasteiger partial charge in [0.2, 0.25) is 0 Å². The van der Waals surface area contributed by atoms with E-state index in [9.17, 15) is 13.2 Å². The van der Waals surface area contributed by atoms with Gasteiger partial charge < -0.3 is 10.1 Å². The molecule has 0 amide bonds. The number of hydrogen-bond donors (Lipinski definition) is 1. The number of hydrogen-bond acceptors (Lipinski definition) is 2. The number of nitrogens with one attached hydrogen (secondary N) is 1. The van der Waals surface area contributed by atoms with Gasteiger partial charge in [-0.05, 0) is 31.4 Å². The Bertz CT molecular complexity index is 402. The summed E-state index contributed by atoms with van der Waals surface area (Å²) in [7, 11) is 0. The molecule has 5 heteroatoms. The molecule has 0 atom stereocenters. The Kier molecular flexibility index (Phi) is 4.69. The van der Waals surface area contributed by atoms with E-state index in [1.165, 1.54) is 31.4 Å². The van der Waals surface area contributed by atoms with Crippen LogP contribution in [0.15, 0.2) is 24.3 Å². The highest BCUT2D eigenvalue weighted by atomic mass is 19.4. The summed E-state index contributed by atoms with van der Waals surface area (Å²) in [5, 5.41) is 3.16. The lowest BCUT2D eigenvalue weighted by Gasteiger charge is -2.13. The Labute approximate surface area is 111 Å². The number of rotatable bonds is 7. The molecule has 0 heterocycles. The molecule has 0 aliphatic heterocycles. The molecule has 1 N–H and O–H groups in total. The van der Waals surface area contributed by atoms with Gasteiger partial charge in [-0.3, -0.25) is 0 Å². The molecule has 106 valence electrons. The summed E-state index contributed by atoms with van der Waals surface area (Å²) in [6, 6.07) is 6.24. The molecular weight excluding hydrogens is 255 g/mol. The summed E-state index contributed by atoms with van der Waals surface area (Å²) in [6.07, 6.45) is 0.327. The molecule has 2 nitrogen and oxygen atoms in total. The molecule has 0 saturated heterocycles. The van der Waals surface area contributed by atoms with E-state index in [0.717, 1.165) is 18.9 Å². The van der Waals surface area contributed by atoms with Gasteiger partial charge in [0.25, 0.3) is 0 Å². The van der Waals surface area contributed by atoms with Gasteiger partial charge in [0.1, 0.15) is 5.75 Å². The number of alkyl halides is 3. The normalized spacial score (nSPS) is 15.5. The molecule has 1 aromatic carbocycles. The highest BCUT2D eigenvalue weighted by Gasteiger charge is 2.31. The smallest absolute Gasteiger partial charge is 0.405 e. The maximum Gasteiger partial charge on any atom is 0.573 e. The first-order chi connectivity index (χ1) is 9.04. The molecule has 0 unspecified atom stereocenters. The fourth-order valence-corrected chi connectivity index (χ4v) is 2.02. The van der Waals surface area contributed by atoms with E-state index >= 15 is 0 Å². The van der Waals surface area contributed by atoms with Crippen molar-refractivity contribution in [2.75, 3.05) is 6.54 Å². The summed E-state index contributed by atoms with van der Waals surface area (Å²) >= 11 is 0. The molecule has 2 rings (SSSR count). The highest BCUT2D eigenvalue weighted by Crippen LogP contribution is 2.33. The van der Waals surface area contributed by atoms with E-state index in [4.69, 9.17) is 0 Å². The van der Waals surface area contributed by atoms with Crippen molar-refractivity contribution in [3.63, 3.8) is 0 Å². The van der Waals surface area contributed by atoms with Gasteiger partial charge in [0.05, 0.1) is 0 Å². The van der Waals surface area contributed by atoms with Crippen LogP contribution in [-0.4, -0.2) is 12.9 Å². The van der Waals surface area contributed by atoms with Crippen LogP contribution in [0.3, 0.4) is 0 Å². The Balaban J connectivity index is 1.77. The van der Waals surface area contributed by atoms with Gasteiger partial charge in [-0.25, -0.2) is 0 Å². The molecule has 0 aromatic heterocycles. The average molecular weight is 273 g/mol. The average Bonchev–Trinajstić information content (AvgIpc) is 3.13. The van der Waals surface area contributed by atoms with Gasteiger partial charge in [0, 0.05) is 12.1 Å². The Morgan fingerprint density at radius 2 is 1.95 bits per heavy atom. The van der Waals surface area contributed by atoms with Gasteiger partial charge in [-0.15, -0.1) is 13.2 Å². The maximum atomic E-state index is 12.2. The van der Waals surface area contributed by atoms with Crippen LogP contribution < -0.4 is 10.1 Å². The number of para-hydroxylation sites is 1. The van der Waals surface area contributed by atoms with Crippen LogP contribution in [-0.2, 0) is 6.54 Å². The topological polar surface area (TPSA) is 21.3 Å². The van der Waals surface area contributed by atoms with Crippen molar-refractivity contribution in [1.29, 1.82) is 0 Å². The van der Waals surface area contributed by atoms with Crippen molar-refractivity contribution in [3.8, 4) is 5.75 Å².